The van der Waals surface area contributed by atoms with Gasteiger partial charge in [-0.25, -0.2) is 4.98 Å². The van der Waals surface area contributed by atoms with Crippen molar-refractivity contribution in [2.75, 3.05) is 11.9 Å². The number of hydrogen-bond donors (Lipinski definition) is 2. The Balaban J connectivity index is 2.02. The van der Waals surface area contributed by atoms with Gasteiger partial charge in [-0.3, -0.25) is 14.2 Å². The van der Waals surface area contributed by atoms with Crippen molar-refractivity contribution < 1.29 is 9.90 Å². The van der Waals surface area contributed by atoms with Crippen LogP contribution in [0.25, 0.3) is 11.4 Å². The first-order chi connectivity index (χ1) is 13.9. The number of carbonyl (C=O) groups excluding carboxylic acids is 1. The third-order valence-corrected chi connectivity index (χ3v) is 4.93. The molecule has 0 fully saturated rings. The maximum absolute atomic E-state index is 13.1. The summed E-state index contributed by atoms with van der Waals surface area (Å²) in [5.41, 5.74) is 1.60. The van der Waals surface area contributed by atoms with Crippen molar-refractivity contribution in [1.82, 2.24) is 9.55 Å². The number of amides is 1. The maximum Gasteiger partial charge on any atom is 0.257 e. The van der Waals surface area contributed by atoms with Gasteiger partial charge in [0.15, 0.2) is 0 Å². The van der Waals surface area contributed by atoms with Crippen molar-refractivity contribution in [1.29, 1.82) is 0 Å². The standard InChI is InChI=1S/C21H19Cl2N3O3/c1-13-16(9-10-27)21(29)26(20(24-13)14-5-3-2-4-6-14)12-19(28)25-18-11-15(22)7-8-17(18)23/h2-8,11,27H,9-10,12H2,1H3,(H,25,28). The third-order valence-electron chi connectivity index (χ3n) is 4.37. The zero-order valence-corrected chi connectivity index (χ0v) is 17.2. The van der Waals surface area contributed by atoms with E-state index in [0.717, 1.165) is 0 Å². The zero-order chi connectivity index (χ0) is 21.0. The van der Waals surface area contributed by atoms with E-state index in [4.69, 9.17) is 23.2 Å². The summed E-state index contributed by atoms with van der Waals surface area (Å²) < 4.78 is 1.31. The molecular weight excluding hydrogens is 413 g/mol. The Morgan fingerprint density at radius 1 is 1.17 bits per heavy atom. The maximum atomic E-state index is 13.1. The van der Waals surface area contributed by atoms with Crippen LogP contribution in [0.4, 0.5) is 5.69 Å². The predicted molar refractivity (Wildman–Crippen MR) is 115 cm³/mol. The smallest absolute Gasteiger partial charge is 0.257 e. The van der Waals surface area contributed by atoms with Gasteiger partial charge in [0.2, 0.25) is 5.91 Å². The molecule has 3 aromatic rings. The van der Waals surface area contributed by atoms with Crippen molar-refractivity contribution in [2.45, 2.75) is 19.9 Å². The lowest BCUT2D eigenvalue weighted by Crippen LogP contribution is -2.33. The van der Waals surface area contributed by atoms with Gasteiger partial charge in [-0.1, -0.05) is 53.5 Å². The number of carbonyl (C=O) groups is 1. The van der Waals surface area contributed by atoms with Gasteiger partial charge in [0.1, 0.15) is 12.4 Å². The van der Waals surface area contributed by atoms with Gasteiger partial charge >= 0.3 is 0 Å². The first kappa shape index (κ1) is 21.0. The highest BCUT2D eigenvalue weighted by Crippen LogP contribution is 2.25. The Labute approximate surface area is 177 Å². The predicted octanol–water partition coefficient (Wildman–Crippen LogP) is 3.70. The van der Waals surface area contributed by atoms with Crippen molar-refractivity contribution in [3.8, 4) is 11.4 Å². The van der Waals surface area contributed by atoms with Gasteiger partial charge in [-0.15, -0.1) is 0 Å². The Kier molecular flexibility index (Phi) is 6.69. The number of aromatic nitrogens is 2. The van der Waals surface area contributed by atoms with Crippen molar-refractivity contribution >= 4 is 34.8 Å². The molecular formula is C21H19Cl2N3O3. The summed E-state index contributed by atoms with van der Waals surface area (Å²) in [7, 11) is 0. The van der Waals surface area contributed by atoms with Gasteiger partial charge in [0.25, 0.3) is 5.56 Å². The van der Waals surface area contributed by atoms with E-state index in [9.17, 15) is 14.7 Å². The molecule has 3 rings (SSSR count). The summed E-state index contributed by atoms with van der Waals surface area (Å²) in [6.07, 6.45) is 0.161. The van der Waals surface area contributed by atoms with E-state index in [0.29, 0.717) is 38.4 Å². The number of aryl methyl sites for hydroxylation is 1. The minimum Gasteiger partial charge on any atom is -0.396 e. The molecule has 2 aromatic carbocycles. The van der Waals surface area contributed by atoms with Crippen LogP contribution in [0.15, 0.2) is 53.3 Å². The highest BCUT2D eigenvalue weighted by Gasteiger charge is 2.18. The summed E-state index contributed by atoms with van der Waals surface area (Å²) in [6, 6.07) is 13.9. The lowest BCUT2D eigenvalue weighted by Gasteiger charge is -2.16. The fourth-order valence-electron chi connectivity index (χ4n) is 2.98. The highest BCUT2D eigenvalue weighted by atomic mass is 35.5. The van der Waals surface area contributed by atoms with Crippen LogP contribution >= 0.6 is 23.2 Å². The highest BCUT2D eigenvalue weighted by molar-refractivity contribution is 6.35. The van der Waals surface area contributed by atoms with Crippen LogP contribution in [0.5, 0.6) is 0 Å². The number of halogens is 2. The normalized spacial score (nSPS) is 10.8. The third kappa shape index (κ3) is 4.85. The minimum absolute atomic E-state index is 0.161. The van der Waals surface area contributed by atoms with Gasteiger partial charge < -0.3 is 10.4 Å². The Bertz CT molecular complexity index is 1100. The number of nitrogens with zero attached hydrogens (tertiary/aromatic N) is 2. The van der Waals surface area contributed by atoms with E-state index in [-0.39, 0.29) is 25.1 Å². The zero-order valence-electron chi connectivity index (χ0n) is 15.7. The molecule has 0 spiro atoms. The largest absolute Gasteiger partial charge is 0.396 e. The summed E-state index contributed by atoms with van der Waals surface area (Å²) in [6.45, 7) is 1.26. The van der Waals surface area contributed by atoms with Gasteiger partial charge in [0.05, 0.1) is 10.7 Å². The van der Waals surface area contributed by atoms with Crippen molar-refractivity contribution in [3.63, 3.8) is 0 Å². The fraction of sp³-hybridized carbons (Fsp3) is 0.190. The molecule has 150 valence electrons. The van der Waals surface area contributed by atoms with Crippen LogP contribution in [0.1, 0.15) is 11.3 Å². The van der Waals surface area contributed by atoms with Gasteiger partial charge in [-0.2, -0.15) is 0 Å². The van der Waals surface area contributed by atoms with E-state index >= 15 is 0 Å². The van der Waals surface area contributed by atoms with E-state index in [1.165, 1.54) is 10.6 Å². The van der Waals surface area contributed by atoms with E-state index in [2.05, 4.69) is 10.3 Å². The number of benzene rings is 2. The summed E-state index contributed by atoms with van der Waals surface area (Å²) >= 11 is 12.1. The van der Waals surface area contributed by atoms with Gasteiger partial charge in [-0.05, 0) is 25.1 Å². The van der Waals surface area contributed by atoms with E-state index in [1.807, 2.05) is 30.3 Å². The van der Waals surface area contributed by atoms with Crippen LogP contribution in [-0.4, -0.2) is 27.2 Å². The fourth-order valence-corrected chi connectivity index (χ4v) is 3.32. The molecule has 0 radical (unpaired) electrons. The number of nitrogens with one attached hydrogen (secondary N) is 1. The quantitative estimate of drug-likeness (QED) is 0.622. The number of aliphatic hydroxyl groups excluding tert-OH is 1. The van der Waals surface area contributed by atoms with E-state index in [1.54, 1.807) is 19.1 Å². The Morgan fingerprint density at radius 3 is 2.59 bits per heavy atom. The molecule has 0 aliphatic rings. The second-order valence-corrected chi connectivity index (χ2v) is 7.25. The molecule has 0 aliphatic heterocycles. The molecule has 0 bridgehead atoms. The van der Waals surface area contributed by atoms with E-state index < -0.39 is 5.91 Å². The van der Waals surface area contributed by atoms with Crippen molar-refractivity contribution in [3.05, 3.63) is 80.2 Å². The molecule has 8 heteroatoms. The molecule has 0 saturated heterocycles. The van der Waals surface area contributed by atoms with Gasteiger partial charge in [0, 0.05) is 34.9 Å². The average Bonchev–Trinajstić information content (AvgIpc) is 2.70. The average molecular weight is 432 g/mol. The summed E-state index contributed by atoms with van der Waals surface area (Å²) in [5.74, 6) is -0.0730. The monoisotopic (exact) mass is 431 g/mol. The molecule has 1 heterocycles. The number of rotatable bonds is 6. The topological polar surface area (TPSA) is 84.2 Å². The number of anilines is 1. The first-order valence-electron chi connectivity index (χ1n) is 8.92. The lowest BCUT2D eigenvalue weighted by molar-refractivity contribution is -0.116. The van der Waals surface area contributed by atoms with Crippen molar-refractivity contribution in [2.24, 2.45) is 0 Å². The summed E-state index contributed by atoms with van der Waals surface area (Å²) in [5, 5.41) is 12.7. The second kappa shape index (κ2) is 9.22. The molecule has 1 amide bonds. The molecule has 0 atom stereocenters. The summed E-state index contributed by atoms with van der Waals surface area (Å²) in [4.78, 5) is 30.3. The molecule has 29 heavy (non-hydrogen) atoms. The SMILES string of the molecule is Cc1nc(-c2ccccc2)n(CC(=O)Nc2cc(Cl)ccc2Cl)c(=O)c1CCO. The number of aliphatic hydroxyl groups is 1. The van der Waals surface area contributed by atoms with Crippen LogP contribution in [0.2, 0.25) is 10.0 Å². The van der Waals surface area contributed by atoms with Crippen LogP contribution in [0.3, 0.4) is 0 Å². The molecule has 1 aromatic heterocycles. The molecule has 6 nitrogen and oxygen atoms in total. The lowest BCUT2D eigenvalue weighted by atomic mass is 10.1. The molecule has 0 saturated carbocycles. The van der Waals surface area contributed by atoms with Crippen LogP contribution in [-0.2, 0) is 17.8 Å². The Hall–Kier alpha value is -2.67. The molecule has 0 aliphatic carbocycles. The molecule has 2 N–H and O–H groups in total. The van der Waals surface area contributed by atoms with Crippen LogP contribution in [0, 0.1) is 6.92 Å². The van der Waals surface area contributed by atoms with Crippen LogP contribution < -0.4 is 10.9 Å². The minimum atomic E-state index is -0.450. The Morgan fingerprint density at radius 2 is 1.90 bits per heavy atom. The second-order valence-electron chi connectivity index (χ2n) is 6.40. The number of hydrogen-bond acceptors (Lipinski definition) is 4. The first-order valence-corrected chi connectivity index (χ1v) is 9.67. The molecule has 0 unspecified atom stereocenters.